The third-order valence-corrected chi connectivity index (χ3v) is 3.51. The standard InChI is InChI=1S/C17H22N4O3/c1-2-18-9-10-19-15(22)13-21-16(23)8-11-20(17(21)24)12-14-6-4-3-5-7-14/h3-8,11,18H,2,9-10,12-13H2,1H3,(H,19,22). The largest absolute Gasteiger partial charge is 0.353 e. The van der Waals surface area contributed by atoms with Gasteiger partial charge in [-0.3, -0.25) is 18.7 Å². The molecule has 1 heterocycles. The van der Waals surface area contributed by atoms with Gasteiger partial charge in [0.1, 0.15) is 6.54 Å². The summed E-state index contributed by atoms with van der Waals surface area (Å²) >= 11 is 0. The van der Waals surface area contributed by atoms with Crippen LogP contribution in [0.1, 0.15) is 12.5 Å². The Kier molecular flexibility index (Phi) is 6.51. The van der Waals surface area contributed by atoms with Crippen LogP contribution in [-0.2, 0) is 17.9 Å². The fraction of sp³-hybridized carbons (Fsp3) is 0.353. The zero-order valence-electron chi connectivity index (χ0n) is 13.7. The highest BCUT2D eigenvalue weighted by Gasteiger charge is 2.10. The molecule has 0 saturated carbocycles. The van der Waals surface area contributed by atoms with E-state index in [2.05, 4.69) is 10.6 Å². The number of benzene rings is 1. The molecule has 0 spiro atoms. The normalized spacial score (nSPS) is 10.5. The fourth-order valence-corrected chi connectivity index (χ4v) is 2.27. The Morgan fingerprint density at radius 2 is 1.83 bits per heavy atom. The van der Waals surface area contributed by atoms with E-state index in [-0.39, 0.29) is 12.5 Å². The Bertz CT molecular complexity index is 780. The molecule has 128 valence electrons. The molecule has 0 atom stereocenters. The second-order valence-electron chi connectivity index (χ2n) is 5.34. The van der Waals surface area contributed by atoms with Crippen molar-refractivity contribution >= 4 is 5.91 Å². The van der Waals surface area contributed by atoms with E-state index in [0.29, 0.717) is 19.6 Å². The summed E-state index contributed by atoms with van der Waals surface area (Å²) in [6.45, 7) is 3.96. The Morgan fingerprint density at radius 3 is 2.54 bits per heavy atom. The van der Waals surface area contributed by atoms with Crippen LogP contribution in [0.5, 0.6) is 0 Å². The lowest BCUT2D eigenvalue weighted by atomic mass is 10.2. The lowest BCUT2D eigenvalue weighted by Gasteiger charge is -2.10. The Labute approximate surface area is 139 Å². The Morgan fingerprint density at radius 1 is 1.08 bits per heavy atom. The van der Waals surface area contributed by atoms with Gasteiger partial charge in [0.05, 0.1) is 6.54 Å². The van der Waals surface area contributed by atoms with Crippen molar-refractivity contribution in [1.82, 2.24) is 19.8 Å². The molecule has 0 aliphatic rings. The van der Waals surface area contributed by atoms with Gasteiger partial charge >= 0.3 is 5.69 Å². The molecule has 2 aromatic rings. The van der Waals surface area contributed by atoms with Crippen molar-refractivity contribution in [1.29, 1.82) is 0 Å². The van der Waals surface area contributed by atoms with Crippen molar-refractivity contribution in [2.45, 2.75) is 20.0 Å². The minimum Gasteiger partial charge on any atom is -0.353 e. The predicted octanol–water partition coefficient (Wildman–Crippen LogP) is -0.216. The lowest BCUT2D eigenvalue weighted by molar-refractivity contribution is -0.121. The molecule has 2 N–H and O–H groups in total. The zero-order chi connectivity index (χ0) is 17.4. The average molecular weight is 330 g/mol. The van der Waals surface area contributed by atoms with Crippen molar-refractivity contribution in [3.8, 4) is 0 Å². The van der Waals surface area contributed by atoms with Crippen LogP contribution in [0.4, 0.5) is 0 Å². The second-order valence-corrected chi connectivity index (χ2v) is 5.34. The number of hydrogen-bond donors (Lipinski definition) is 2. The maximum Gasteiger partial charge on any atom is 0.331 e. The third-order valence-electron chi connectivity index (χ3n) is 3.51. The molecule has 0 bridgehead atoms. The summed E-state index contributed by atoms with van der Waals surface area (Å²) in [7, 11) is 0. The molecule has 7 heteroatoms. The van der Waals surface area contributed by atoms with Gasteiger partial charge in [-0.2, -0.15) is 0 Å². The molecule has 0 fully saturated rings. The smallest absolute Gasteiger partial charge is 0.331 e. The molecule has 1 amide bonds. The number of nitrogens with zero attached hydrogens (tertiary/aromatic N) is 2. The molecule has 0 unspecified atom stereocenters. The summed E-state index contributed by atoms with van der Waals surface area (Å²) in [4.78, 5) is 36.3. The van der Waals surface area contributed by atoms with Crippen molar-refractivity contribution in [3.05, 3.63) is 69.0 Å². The quantitative estimate of drug-likeness (QED) is 0.656. The summed E-state index contributed by atoms with van der Waals surface area (Å²) < 4.78 is 2.37. The fourth-order valence-electron chi connectivity index (χ4n) is 2.27. The van der Waals surface area contributed by atoms with Gasteiger partial charge in [-0.05, 0) is 12.1 Å². The molecule has 24 heavy (non-hydrogen) atoms. The van der Waals surface area contributed by atoms with E-state index >= 15 is 0 Å². The molecular formula is C17H22N4O3. The van der Waals surface area contributed by atoms with Crippen LogP contribution in [-0.4, -0.2) is 34.7 Å². The van der Waals surface area contributed by atoms with Gasteiger partial charge in [0.15, 0.2) is 0 Å². The molecule has 0 aliphatic heterocycles. The van der Waals surface area contributed by atoms with Crippen molar-refractivity contribution in [2.24, 2.45) is 0 Å². The number of carbonyl (C=O) groups excluding carboxylic acids is 1. The molecular weight excluding hydrogens is 308 g/mol. The molecule has 0 saturated heterocycles. The van der Waals surface area contributed by atoms with Crippen LogP contribution in [0.3, 0.4) is 0 Å². The number of likely N-dealkylation sites (N-methyl/N-ethyl adjacent to an activating group) is 1. The van der Waals surface area contributed by atoms with Crippen LogP contribution in [0.15, 0.2) is 52.2 Å². The topological polar surface area (TPSA) is 85.1 Å². The highest BCUT2D eigenvalue weighted by Crippen LogP contribution is 1.99. The van der Waals surface area contributed by atoms with Crippen LogP contribution < -0.4 is 21.9 Å². The van der Waals surface area contributed by atoms with E-state index in [1.54, 1.807) is 0 Å². The van der Waals surface area contributed by atoms with E-state index in [1.807, 2.05) is 37.3 Å². The lowest BCUT2D eigenvalue weighted by Crippen LogP contribution is -2.44. The molecule has 1 aromatic carbocycles. The highest BCUT2D eigenvalue weighted by molar-refractivity contribution is 5.75. The average Bonchev–Trinajstić information content (AvgIpc) is 2.59. The van der Waals surface area contributed by atoms with Gasteiger partial charge in [0, 0.05) is 25.4 Å². The first-order chi connectivity index (χ1) is 11.6. The molecule has 7 nitrogen and oxygen atoms in total. The maximum atomic E-state index is 12.4. The first-order valence-electron chi connectivity index (χ1n) is 7.93. The third kappa shape index (κ3) is 4.92. The minimum absolute atomic E-state index is 0.278. The maximum absolute atomic E-state index is 12.4. The van der Waals surface area contributed by atoms with Gasteiger partial charge < -0.3 is 10.6 Å². The highest BCUT2D eigenvalue weighted by atomic mass is 16.2. The predicted molar refractivity (Wildman–Crippen MR) is 92.1 cm³/mol. The summed E-state index contributed by atoms with van der Waals surface area (Å²) in [5, 5.41) is 5.76. The van der Waals surface area contributed by atoms with E-state index in [9.17, 15) is 14.4 Å². The summed E-state index contributed by atoms with van der Waals surface area (Å²) in [5.74, 6) is -0.357. The minimum atomic E-state index is -0.492. The van der Waals surface area contributed by atoms with Crippen molar-refractivity contribution in [2.75, 3.05) is 19.6 Å². The number of amides is 1. The van der Waals surface area contributed by atoms with Gasteiger partial charge in [0.2, 0.25) is 5.91 Å². The second kappa shape index (κ2) is 8.83. The van der Waals surface area contributed by atoms with Crippen LogP contribution in [0, 0.1) is 0 Å². The molecule has 1 aromatic heterocycles. The van der Waals surface area contributed by atoms with Gasteiger partial charge in [0.25, 0.3) is 5.56 Å². The molecule has 0 radical (unpaired) electrons. The van der Waals surface area contributed by atoms with E-state index < -0.39 is 11.2 Å². The number of aromatic nitrogens is 2. The van der Waals surface area contributed by atoms with Gasteiger partial charge in [-0.15, -0.1) is 0 Å². The summed E-state index contributed by atoms with van der Waals surface area (Å²) in [6, 6.07) is 10.8. The van der Waals surface area contributed by atoms with E-state index in [0.717, 1.165) is 16.7 Å². The molecule has 0 aliphatic carbocycles. The van der Waals surface area contributed by atoms with Gasteiger partial charge in [-0.25, -0.2) is 4.79 Å². The summed E-state index contributed by atoms with van der Waals surface area (Å²) in [5.41, 5.74) is -0.0285. The monoisotopic (exact) mass is 330 g/mol. The van der Waals surface area contributed by atoms with Crippen molar-refractivity contribution < 1.29 is 4.79 Å². The zero-order valence-corrected chi connectivity index (χ0v) is 13.7. The van der Waals surface area contributed by atoms with Gasteiger partial charge in [-0.1, -0.05) is 37.3 Å². The number of rotatable bonds is 8. The first kappa shape index (κ1) is 17.7. The van der Waals surface area contributed by atoms with Crippen LogP contribution in [0.2, 0.25) is 0 Å². The Hall–Kier alpha value is -2.67. The first-order valence-corrected chi connectivity index (χ1v) is 7.93. The van der Waals surface area contributed by atoms with E-state index in [1.165, 1.54) is 16.8 Å². The number of carbonyl (C=O) groups is 1. The van der Waals surface area contributed by atoms with E-state index in [4.69, 9.17) is 0 Å². The SMILES string of the molecule is CCNCCNC(=O)Cn1c(=O)ccn(Cc2ccccc2)c1=O. The number of nitrogens with one attached hydrogen (secondary N) is 2. The van der Waals surface area contributed by atoms with Crippen LogP contribution in [0.25, 0.3) is 0 Å². The number of hydrogen-bond acceptors (Lipinski definition) is 4. The Balaban J connectivity index is 2.10. The van der Waals surface area contributed by atoms with Crippen molar-refractivity contribution in [3.63, 3.8) is 0 Å². The molecule has 2 rings (SSSR count). The van der Waals surface area contributed by atoms with Crippen LogP contribution >= 0.6 is 0 Å². The summed E-state index contributed by atoms with van der Waals surface area (Å²) in [6.07, 6.45) is 1.46.